The van der Waals surface area contributed by atoms with Crippen LogP contribution in [0.1, 0.15) is 10.4 Å². The molecular formula is C13H16N2O6. The zero-order valence-electron chi connectivity index (χ0n) is 11.9. The van der Waals surface area contributed by atoms with Crippen molar-refractivity contribution >= 4 is 17.9 Å². The molecule has 1 rings (SSSR count). The summed E-state index contributed by atoms with van der Waals surface area (Å²) in [5.41, 5.74) is 0.115. The predicted molar refractivity (Wildman–Crippen MR) is 72.4 cm³/mol. The number of methoxy groups -OCH3 is 2. The summed E-state index contributed by atoms with van der Waals surface area (Å²) in [5, 5.41) is 4.17. The Morgan fingerprint density at radius 2 is 1.86 bits per heavy atom. The largest absolute Gasteiger partial charge is 0.493 e. The SMILES string of the molecule is CNC(=O)NC(=O)COC(=O)c1cccc(OC)c1OC. The molecule has 0 bridgehead atoms. The van der Waals surface area contributed by atoms with Gasteiger partial charge in [-0.25, -0.2) is 9.59 Å². The summed E-state index contributed by atoms with van der Waals surface area (Å²) in [6, 6.07) is 3.99. The van der Waals surface area contributed by atoms with Gasteiger partial charge in [-0.1, -0.05) is 6.07 Å². The van der Waals surface area contributed by atoms with Gasteiger partial charge in [0.25, 0.3) is 5.91 Å². The number of benzene rings is 1. The second-order valence-corrected chi connectivity index (χ2v) is 3.74. The average molecular weight is 296 g/mol. The molecule has 0 saturated heterocycles. The molecule has 0 saturated carbocycles. The number of carbonyl (C=O) groups excluding carboxylic acids is 3. The Labute approximate surface area is 121 Å². The number of para-hydroxylation sites is 1. The maximum absolute atomic E-state index is 11.9. The van der Waals surface area contributed by atoms with E-state index in [-0.39, 0.29) is 11.3 Å². The first kappa shape index (κ1) is 16.3. The van der Waals surface area contributed by atoms with Crippen LogP contribution in [0.25, 0.3) is 0 Å². The highest BCUT2D eigenvalue weighted by molar-refractivity contribution is 5.98. The second-order valence-electron chi connectivity index (χ2n) is 3.74. The molecule has 8 heteroatoms. The number of carbonyl (C=O) groups is 3. The summed E-state index contributed by atoms with van der Waals surface area (Å²) < 4.78 is 15.0. The molecule has 0 spiro atoms. The Kier molecular flexibility index (Phi) is 5.99. The molecule has 0 heterocycles. The van der Waals surface area contributed by atoms with Crippen LogP contribution in [0.3, 0.4) is 0 Å². The van der Waals surface area contributed by atoms with Gasteiger partial charge in [0.05, 0.1) is 14.2 Å². The van der Waals surface area contributed by atoms with Gasteiger partial charge < -0.3 is 19.5 Å². The van der Waals surface area contributed by atoms with Crippen LogP contribution in [0.4, 0.5) is 4.79 Å². The quantitative estimate of drug-likeness (QED) is 0.758. The molecule has 0 aliphatic heterocycles. The van der Waals surface area contributed by atoms with E-state index in [9.17, 15) is 14.4 Å². The van der Waals surface area contributed by atoms with Crippen molar-refractivity contribution in [1.82, 2.24) is 10.6 Å². The number of hydrogen-bond donors (Lipinski definition) is 2. The summed E-state index contributed by atoms with van der Waals surface area (Å²) in [6.07, 6.45) is 0. The maximum atomic E-state index is 11.9. The second kappa shape index (κ2) is 7.73. The molecular weight excluding hydrogens is 280 g/mol. The van der Waals surface area contributed by atoms with Crippen molar-refractivity contribution in [2.45, 2.75) is 0 Å². The van der Waals surface area contributed by atoms with Gasteiger partial charge in [-0.15, -0.1) is 0 Å². The summed E-state index contributed by atoms with van der Waals surface area (Å²) in [7, 11) is 4.17. The van der Waals surface area contributed by atoms with Gasteiger partial charge in [-0.2, -0.15) is 0 Å². The van der Waals surface area contributed by atoms with Gasteiger partial charge in [0, 0.05) is 7.05 Å². The van der Waals surface area contributed by atoms with Crippen LogP contribution in [-0.2, 0) is 9.53 Å². The summed E-state index contributed by atoms with van der Waals surface area (Å²) >= 11 is 0. The third-order valence-corrected chi connectivity index (χ3v) is 2.44. The first-order valence-corrected chi connectivity index (χ1v) is 5.93. The first-order valence-electron chi connectivity index (χ1n) is 5.93. The molecule has 21 heavy (non-hydrogen) atoms. The molecule has 0 radical (unpaired) electrons. The van der Waals surface area contributed by atoms with Crippen LogP contribution in [0.15, 0.2) is 18.2 Å². The molecule has 0 unspecified atom stereocenters. The summed E-state index contributed by atoms with van der Waals surface area (Å²) in [5.74, 6) is -0.944. The molecule has 0 aliphatic rings. The Morgan fingerprint density at radius 3 is 2.43 bits per heavy atom. The van der Waals surface area contributed by atoms with Crippen LogP contribution < -0.4 is 20.1 Å². The highest BCUT2D eigenvalue weighted by Crippen LogP contribution is 2.30. The van der Waals surface area contributed by atoms with Gasteiger partial charge in [0.15, 0.2) is 18.1 Å². The van der Waals surface area contributed by atoms with Crippen LogP contribution in [0.5, 0.6) is 11.5 Å². The Morgan fingerprint density at radius 1 is 1.14 bits per heavy atom. The van der Waals surface area contributed by atoms with Crippen LogP contribution >= 0.6 is 0 Å². The fourth-order valence-corrected chi connectivity index (χ4v) is 1.48. The standard InChI is InChI=1S/C13H16N2O6/c1-14-13(18)15-10(16)7-21-12(17)8-5-4-6-9(19-2)11(8)20-3/h4-6H,7H2,1-3H3,(H2,14,15,16,18). The number of imide groups is 1. The van der Waals surface area contributed by atoms with Crippen molar-refractivity contribution < 1.29 is 28.6 Å². The van der Waals surface area contributed by atoms with E-state index in [0.29, 0.717) is 5.75 Å². The lowest BCUT2D eigenvalue weighted by atomic mass is 10.2. The molecule has 1 aromatic carbocycles. The lowest BCUT2D eigenvalue weighted by Gasteiger charge is -2.11. The minimum absolute atomic E-state index is 0.115. The highest BCUT2D eigenvalue weighted by Gasteiger charge is 2.19. The van der Waals surface area contributed by atoms with Gasteiger partial charge in [0.2, 0.25) is 0 Å². The van der Waals surface area contributed by atoms with E-state index in [2.05, 4.69) is 5.32 Å². The number of nitrogens with one attached hydrogen (secondary N) is 2. The fraction of sp³-hybridized carbons (Fsp3) is 0.308. The molecule has 114 valence electrons. The first-order chi connectivity index (χ1) is 10.0. The topological polar surface area (TPSA) is 103 Å². The third-order valence-electron chi connectivity index (χ3n) is 2.44. The summed E-state index contributed by atoms with van der Waals surface area (Å²) in [4.78, 5) is 34.1. The third kappa shape index (κ3) is 4.37. The van der Waals surface area contributed by atoms with Crippen molar-refractivity contribution in [3.05, 3.63) is 23.8 Å². The lowest BCUT2D eigenvalue weighted by Crippen LogP contribution is -2.39. The molecule has 2 N–H and O–H groups in total. The Hall–Kier alpha value is -2.77. The van der Waals surface area contributed by atoms with E-state index in [1.54, 1.807) is 12.1 Å². The average Bonchev–Trinajstić information content (AvgIpc) is 2.51. The van der Waals surface area contributed by atoms with E-state index in [0.717, 1.165) is 0 Å². The molecule has 0 atom stereocenters. The van der Waals surface area contributed by atoms with Crippen molar-refractivity contribution in [1.29, 1.82) is 0 Å². The Balaban J connectivity index is 2.72. The normalized spacial score (nSPS) is 9.48. The van der Waals surface area contributed by atoms with Crippen molar-refractivity contribution in [2.24, 2.45) is 0 Å². The molecule has 0 fully saturated rings. The van der Waals surface area contributed by atoms with Crippen LogP contribution in [0, 0.1) is 0 Å². The minimum Gasteiger partial charge on any atom is -0.493 e. The maximum Gasteiger partial charge on any atom is 0.342 e. The van der Waals surface area contributed by atoms with E-state index >= 15 is 0 Å². The molecule has 3 amide bonds. The predicted octanol–water partition coefficient (Wildman–Crippen LogP) is 0.316. The number of hydrogen-bond acceptors (Lipinski definition) is 6. The van der Waals surface area contributed by atoms with Crippen molar-refractivity contribution in [2.75, 3.05) is 27.9 Å². The van der Waals surface area contributed by atoms with Gasteiger partial charge in [0.1, 0.15) is 5.56 Å². The van der Waals surface area contributed by atoms with Gasteiger partial charge in [-0.3, -0.25) is 10.1 Å². The number of rotatable bonds is 5. The van der Waals surface area contributed by atoms with E-state index < -0.39 is 24.5 Å². The zero-order chi connectivity index (χ0) is 15.8. The molecule has 8 nitrogen and oxygen atoms in total. The van der Waals surface area contributed by atoms with Crippen LogP contribution in [-0.4, -0.2) is 45.8 Å². The minimum atomic E-state index is -0.766. The molecule has 0 aromatic heterocycles. The number of esters is 1. The number of amides is 3. The smallest absolute Gasteiger partial charge is 0.342 e. The Bertz CT molecular complexity index is 543. The van der Waals surface area contributed by atoms with E-state index in [1.165, 1.54) is 27.3 Å². The highest BCUT2D eigenvalue weighted by atomic mass is 16.5. The molecule has 1 aromatic rings. The van der Waals surface area contributed by atoms with Gasteiger partial charge in [-0.05, 0) is 12.1 Å². The number of ether oxygens (including phenoxy) is 3. The molecule has 0 aliphatic carbocycles. The van der Waals surface area contributed by atoms with Crippen molar-refractivity contribution in [3.63, 3.8) is 0 Å². The van der Waals surface area contributed by atoms with Gasteiger partial charge >= 0.3 is 12.0 Å². The van der Waals surface area contributed by atoms with E-state index in [1.807, 2.05) is 5.32 Å². The number of urea groups is 1. The van der Waals surface area contributed by atoms with Crippen LogP contribution in [0.2, 0.25) is 0 Å². The fourth-order valence-electron chi connectivity index (χ4n) is 1.48. The van der Waals surface area contributed by atoms with Crippen molar-refractivity contribution in [3.8, 4) is 11.5 Å². The van der Waals surface area contributed by atoms with E-state index in [4.69, 9.17) is 14.2 Å². The lowest BCUT2D eigenvalue weighted by molar-refractivity contribution is -0.123. The zero-order valence-corrected chi connectivity index (χ0v) is 11.9. The monoisotopic (exact) mass is 296 g/mol. The summed E-state index contributed by atoms with van der Waals surface area (Å²) in [6.45, 7) is -0.591.